The maximum absolute atomic E-state index is 12.5. The Morgan fingerprint density at radius 2 is 1.85 bits per heavy atom. The van der Waals surface area contributed by atoms with Gasteiger partial charge < -0.3 is 5.11 Å². The van der Waals surface area contributed by atoms with Gasteiger partial charge >= 0.3 is 6.18 Å². The van der Waals surface area contributed by atoms with E-state index in [2.05, 4.69) is 0 Å². The second-order valence-corrected chi connectivity index (χ2v) is 4.15. The molecule has 0 saturated heterocycles. The molecular weight excluding hydrogens is 181 g/mol. The molecule has 13 heavy (non-hydrogen) atoms. The van der Waals surface area contributed by atoms with Gasteiger partial charge in [0.05, 0.1) is 11.5 Å². The van der Waals surface area contributed by atoms with Crippen LogP contribution < -0.4 is 0 Å². The lowest BCUT2D eigenvalue weighted by Gasteiger charge is -2.42. The van der Waals surface area contributed by atoms with Gasteiger partial charge in [-0.05, 0) is 25.7 Å². The van der Waals surface area contributed by atoms with Crippen LogP contribution in [-0.4, -0.2) is 16.9 Å². The molecule has 0 aromatic rings. The van der Waals surface area contributed by atoms with Crippen LogP contribution in [0.2, 0.25) is 0 Å². The molecule has 0 bridgehead atoms. The molecule has 1 aliphatic rings. The smallest absolute Gasteiger partial charge is 0.389 e. The van der Waals surface area contributed by atoms with E-state index in [0.717, 1.165) is 0 Å². The van der Waals surface area contributed by atoms with E-state index in [4.69, 9.17) is 0 Å². The predicted octanol–water partition coefficient (Wildman–Crippen LogP) is 2.74. The van der Waals surface area contributed by atoms with Crippen LogP contribution in [0, 0.1) is 11.8 Å². The Bertz CT molecular complexity index is 186. The first-order chi connectivity index (χ1) is 5.76. The van der Waals surface area contributed by atoms with Crippen LogP contribution in [0.15, 0.2) is 0 Å². The van der Waals surface area contributed by atoms with Crippen LogP contribution in [0.25, 0.3) is 0 Å². The lowest BCUT2D eigenvalue weighted by atomic mass is 9.70. The normalized spacial score (nSPS) is 42.0. The highest BCUT2D eigenvalue weighted by Crippen LogP contribution is 2.46. The topological polar surface area (TPSA) is 20.2 Å². The molecule has 1 nitrogen and oxygen atoms in total. The molecule has 0 heterocycles. The summed E-state index contributed by atoms with van der Waals surface area (Å²) in [6, 6.07) is 0. The number of aliphatic hydroxyl groups is 1. The maximum atomic E-state index is 12.5. The first-order valence-electron chi connectivity index (χ1n) is 4.55. The van der Waals surface area contributed by atoms with Crippen molar-refractivity contribution in [1.29, 1.82) is 0 Å². The van der Waals surface area contributed by atoms with Gasteiger partial charge in [-0.2, -0.15) is 13.2 Å². The molecule has 1 fully saturated rings. The SMILES string of the molecule is CC1CCCC(C(F)(F)F)C1(C)O. The van der Waals surface area contributed by atoms with Gasteiger partial charge in [0, 0.05) is 0 Å². The van der Waals surface area contributed by atoms with Gasteiger partial charge in [-0.15, -0.1) is 0 Å². The van der Waals surface area contributed by atoms with Gasteiger partial charge in [0.25, 0.3) is 0 Å². The molecule has 3 atom stereocenters. The molecule has 1 N–H and O–H groups in total. The van der Waals surface area contributed by atoms with Crippen molar-refractivity contribution in [3.05, 3.63) is 0 Å². The average molecular weight is 196 g/mol. The Kier molecular flexibility index (Phi) is 2.63. The molecule has 1 saturated carbocycles. The fourth-order valence-electron chi connectivity index (χ4n) is 2.05. The largest absolute Gasteiger partial charge is 0.394 e. The summed E-state index contributed by atoms with van der Waals surface area (Å²) in [6.45, 7) is 2.98. The highest BCUT2D eigenvalue weighted by atomic mass is 19.4. The van der Waals surface area contributed by atoms with Crippen molar-refractivity contribution in [1.82, 2.24) is 0 Å². The molecular formula is C9H15F3O. The average Bonchev–Trinajstić information content (AvgIpc) is 1.92. The molecule has 0 amide bonds. The maximum Gasteiger partial charge on any atom is 0.394 e. The van der Waals surface area contributed by atoms with E-state index in [0.29, 0.717) is 12.8 Å². The highest BCUT2D eigenvalue weighted by molar-refractivity contribution is 4.94. The molecule has 0 radical (unpaired) electrons. The van der Waals surface area contributed by atoms with Gasteiger partial charge in [0.1, 0.15) is 0 Å². The molecule has 0 aromatic heterocycles. The Hall–Kier alpha value is -0.250. The Morgan fingerprint density at radius 1 is 1.31 bits per heavy atom. The fourth-order valence-corrected chi connectivity index (χ4v) is 2.05. The Morgan fingerprint density at radius 3 is 2.23 bits per heavy atom. The quantitative estimate of drug-likeness (QED) is 0.631. The van der Waals surface area contributed by atoms with E-state index in [-0.39, 0.29) is 12.3 Å². The van der Waals surface area contributed by atoms with Crippen molar-refractivity contribution in [2.75, 3.05) is 0 Å². The molecule has 0 spiro atoms. The number of rotatable bonds is 0. The van der Waals surface area contributed by atoms with Crippen LogP contribution in [0.1, 0.15) is 33.1 Å². The highest BCUT2D eigenvalue weighted by Gasteiger charge is 2.53. The van der Waals surface area contributed by atoms with Crippen LogP contribution in [0.5, 0.6) is 0 Å². The minimum absolute atomic E-state index is 0.0564. The zero-order valence-electron chi connectivity index (χ0n) is 7.86. The minimum Gasteiger partial charge on any atom is -0.389 e. The molecule has 1 aliphatic carbocycles. The van der Waals surface area contributed by atoms with E-state index in [1.807, 2.05) is 0 Å². The van der Waals surface area contributed by atoms with Gasteiger partial charge in [-0.25, -0.2) is 0 Å². The summed E-state index contributed by atoms with van der Waals surface area (Å²) < 4.78 is 37.4. The van der Waals surface area contributed by atoms with Crippen molar-refractivity contribution < 1.29 is 18.3 Å². The number of hydrogen-bond donors (Lipinski definition) is 1. The predicted molar refractivity (Wildman–Crippen MR) is 43.2 cm³/mol. The standard InChI is InChI=1S/C9H15F3O/c1-6-4-3-5-7(8(6,2)13)9(10,11)12/h6-7,13H,3-5H2,1-2H3. The van der Waals surface area contributed by atoms with E-state index >= 15 is 0 Å². The second kappa shape index (κ2) is 3.15. The van der Waals surface area contributed by atoms with Gasteiger partial charge in [0.15, 0.2) is 0 Å². The molecule has 78 valence electrons. The first kappa shape index (κ1) is 10.8. The van der Waals surface area contributed by atoms with E-state index in [1.165, 1.54) is 6.92 Å². The van der Waals surface area contributed by atoms with E-state index in [9.17, 15) is 18.3 Å². The lowest BCUT2D eigenvalue weighted by Crippen LogP contribution is -2.50. The molecule has 1 rings (SSSR count). The fraction of sp³-hybridized carbons (Fsp3) is 1.00. The molecule has 0 aliphatic heterocycles. The third-order valence-corrected chi connectivity index (χ3v) is 3.23. The minimum atomic E-state index is -4.27. The summed E-state index contributed by atoms with van der Waals surface area (Å²) in [5, 5.41) is 9.72. The summed E-state index contributed by atoms with van der Waals surface area (Å²) in [4.78, 5) is 0. The van der Waals surface area contributed by atoms with Crippen molar-refractivity contribution >= 4 is 0 Å². The lowest BCUT2D eigenvalue weighted by molar-refractivity contribution is -0.244. The number of halogens is 3. The molecule has 0 aromatic carbocycles. The van der Waals surface area contributed by atoms with Gasteiger partial charge in [-0.1, -0.05) is 13.3 Å². The monoisotopic (exact) mass is 196 g/mol. The third-order valence-electron chi connectivity index (χ3n) is 3.23. The second-order valence-electron chi connectivity index (χ2n) is 4.15. The van der Waals surface area contributed by atoms with Crippen molar-refractivity contribution in [2.24, 2.45) is 11.8 Å². The molecule has 4 heteroatoms. The summed E-state index contributed by atoms with van der Waals surface area (Å²) >= 11 is 0. The van der Waals surface area contributed by atoms with E-state index < -0.39 is 17.7 Å². The third kappa shape index (κ3) is 1.98. The van der Waals surface area contributed by atoms with Crippen molar-refractivity contribution in [2.45, 2.75) is 44.9 Å². The van der Waals surface area contributed by atoms with Crippen molar-refractivity contribution in [3.8, 4) is 0 Å². The van der Waals surface area contributed by atoms with Gasteiger partial charge in [-0.3, -0.25) is 0 Å². The summed E-state index contributed by atoms with van der Waals surface area (Å²) in [6.07, 6.45) is -2.97. The van der Waals surface area contributed by atoms with Crippen LogP contribution >= 0.6 is 0 Å². The Balaban J connectivity index is 2.84. The van der Waals surface area contributed by atoms with E-state index in [1.54, 1.807) is 6.92 Å². The zero-order chi connectivity index (χ0) is 10.3. The van der Waals surface area contributed by atoms with Crippen LogP contribution in [0.3, 0.4) is 0 Å². The van der Waals surface area contributed by atoms with Crippen LogP contribution in [0.4, 0.5) is 13.2 Å². The van der Waals surface area contributed by atoms with Crippen LogP contribution in [-0.2, 0) is 0 Å². The molecule has 3 unspecified atom stereocenters. The summed E-state index contributed by atoms with van der Waals surface area (Å²) in [7, 11) is 0. The first-order valence-corrected chi connectivity index (χ1v) is 4.55. The van der Waals surface area contributed by atoms with Gasteiger partial charge in [0.2, 0.25) is 0 Å². The number of hydrogen-bond acceptors (Lipinski definition) is 1. The number of alkyl halides is 3. The zero-order valence-corrected chi connectivity index (χ0v) is 7.86. The summed E-state index contributed by atoms with van der Waals surface area (Å²) in [5.41, 5.74) is -1.59. The Labute approximate surface area is 75.9 Å². The van der Waals surface area contributed by atoms with Crippen molar-refractivity contribution in [3.63, 3.8) is 0 Å². The summed E-state index contributed by atoms with van der Waals surface area (Å²) in [5.74, 6) is -1.82.